The number of hydrogen-bond donors (Lipinski definition) is 1. The Kier molecular flexibility index (Phi) is 2.92. The maximum atomic E-state index is 6.20. The van der Waals surface area contributed by atoms with Gasteiger partial charge in [-0.2, -0.15) is 5.10 Å². The van der Waals surface area contributed by atoms with Crippen molar-refractivity contribution in [3.05, 3.63) is 48.7 Å². The molecular formula is C18H19N3. The summed E-state index contributed by atoms with van der Waals surface area (Å²) in [7, 11) is 0. The summed E-state index contributed by atoms with van der Waals surface area (Å²) in [6.07, 6.45) is 7.04. The number of fused-ring (bicyclic) bond motifs is 1. The average Bonchev–Trinajstić information content (AvgIpc) is 3.16. The van der Waals surface area contributed by atoms with Crippen LogP contribution in [0.3, 0.4) is 0 Å². The van der Waals surface area contributed by atoms with Crippen LogP contribution in [0.2, 0.25) is 0 Å². The van der Waals surface area contributed by atoms with Crippen LogP contribution in [0.15, 0.2) is 48.7 Å². The summed E-state index contributed by atoms with van der Waals surface area (Å²) in [5.74, 6) is 0. The molecule has 0 atom stereocenters. The fourth-order valence-electron chi connectivity index (χ4n) is 3.32. The van der Waals surface area contributed by atoms with E-state index in [9.17, 15) is 0 Å². The fraction of sp³-hybridized carbons (Fsp3) is 0.278. The molecule has 1 fully saturated rings. The number of rotatable bonds is 2. The number of nitrogen functional groups attached to an aromatic ring is 1. The van der Waals surface area contributed by atoms with Crippen LogP contribution in [0, 0.1) is 0 Å². The standard InChI is InChI=1S/C18H19N3/c19-17-12-21(16-7-3-4-8-16)20-18(17)15-10-9-13-5-1-2-6-14(13)11-15/h1-2,5-6,9-12,16H,3-4,7-8,19H2. The highest BCUT2D eigenvalue weighted by Gasteiger charge is 2.19. The molecule has 3 heteroatoms. The van der Waals surface area contributed by atoms with E-state index in [-0.39, 0.29) is 0 Å². The summed E-state index contributed by atoms with van der Waals surface area (Å²) in [6, 6.07) is 15.3. The van der Waals surface area contributed by atoms with Gasteiger partial charge in [-0.25, -0.2) is 0 Å². The van der Waals surface area contributed by atoms with Crippen LogP contribution in [0.1, 0.15) is 31.7 Å². The van der Waals surface area contributed by atoms with Crippen molar-refractivity contribution in [1.29, 1.82) is 0 Å². The summed E-state index contributed by atoms with van der Waals surface area (Å²) >= 11 is 0. The zero-order valence-corrected chi connectivity index (χ0v) is 12.0. The van der Waals surface area contributed by atoms with Crippen molar-refractivity contribution in [1.82, 2.24) is 9.78 Å². The Labute approximate surface area is 124 Å². The zero-order valence-electron chi connectivity index (χ0n) is 12.0. The third-order valence-electron chi connectivity index (χ3n) is 4.48. The third kappa shape index (κ3) is 2.19. The molecule has 0 spiro atoms. The second-order valence-corrected chi connectivity index (χ2v) is 5.91. The van der Waals surface area contributed by atoms with Gasteiger partial charge in [0, 0.05) is 11.8 Å². The Hall–Kier alpha value is -2.29. The predicted molar refractivity (Wildman–Crippen MR) is 87.1 cm³/mol. The van der Waals surface area contributed by atoms with Crippen molar-refractivity contribution in [2.75, 3.05) is 5.73 Å². The normalized spacial score (nSPS) is 15.8. The van der Waals surface area contributed by atoms with Crippen molar-refractivity contribution >= 4 is 16.5 Å². The second kappa shape index (κ2) is 4.92. The van der Waals surface area contributed by atoms with Crippen molar-refractivity contribution in [3.63, 3.8) is 0 Å². The smallest absolute Gasteiger partial charge is 0.115 e. The Morgan fingerprint density at radius 1 is 1.00 bits per heavy atom. The lowest BCUT2D eigenvalue weighted by atomic mass is 10.0. The van der Waals surface area contributed by atoms with E-state index in [0.29, 0.717) is 6.04 Å². The monoisotopic (exact) mass is 277 g/mol. The number of benzene rings is 2. The summed E-state index contributed by atoms with van der Waals surface area (Å²) < 4.78 is 2.08. The topological polar surface area (TPSA) is 43.8 Å². The maximum Gasteiger partial charge on any atom is 0.115 e. The van der Waals surface area contributed by atoms with Crippen LogP contribution in [0.4, 0.5) is 5.69 Å². The quantitative estimate of drug-likeness (QED) is 0.754. The maximum absolute atomic E-state index is 6.20. The first-order valence-electron chi connectivity index (χ1n) is 7.65. The molecule has 0 saturated heterocycles. The van der Waals surface area contributed by atoms with Gasteiger partial charge in [0.15, 0.2) is 0 Å². The lowest BCUT2D eigenvalue weighted by Crippen LogP contribution is -2.04. The molecule has 106 valence electrons. The Morgan fingerprint density at radius 2 is 1.76 bits per heavy atom. The lowest BCUT2D eigenvalue weighted by Gasteiger charge is -2.08. The van der Waals surface area contributed by atoms with Crippen LogP contribution in [-0.2, 0) is 0 Å². The van der Waals surface area contributed by atoms with Gasteiger partial charge in [-0.1, -0.05) is 49.2 Å². The highest BCUT2D eigenvalue weighted by molar-refractivity contribution is 5.88. The van der Waals surface area contributed by atoms with E-state index < -0.39 is 0 Å². The van der Waals surface area contributed by atoms with E-state index in [2.05, 4.69) is 47.1 Å². The number of nitrogens with two attached hydrogens (primary N) is 1. The van der Waals surface area contributed by atoms with Gasteiger partial charge in [-0.3, -0.25) is 4.68 Å². The molecule has 2 aromatic carbocycles. The van der Waals surface area contributed by atoms with Crippen LogP contribution in [-0.4, -0.2) is 9.78 Å². The highest BCUT2D eigenvalue weighted by Crippen LogP contribution is 2.33. The van der Waals surface area contributed by atoms with Gasteiger partial charge in [0.05, 0.1) is 11.7 Å². The summed E-state index contributed by atoms with van der Waals surface area (Å²) in [6.45, 7) is 0. The minimum atomic E-state index is 0.529. The van der Waals surface area contributed by atoms with E-state index in [4.69, 9.17) is 10.8 Å². The van der Waals surface area contributed by atoms with Crippen molar-refractivity contribution in [2.45, 2.75) is 31.7 Å². The SMILES string of the molecule is Nc1cn(C2CCCC2)nc1-c1ccc2ccccc2c1. The first-order chi connectivity index (χ1) is 10.3. The molecule has 0 unspecified atom stereocenters. The molecule has 3 aromatic rings. The number of aromatic nitrogens is 2. The predicted octanol–water partition coefficient (Wildman–Crippen LogP) is 4.40. The molecule has 1 aliphatic rings. The summed E-state index contributed by atoms with van der Waals surface area (Å²) in [4.78, 5) is 0. The van der Waals surface area contributed by atoms with E-state index in [1.54, 1.807) is 0 Å². The van der Waals surface area contributed by atoms with Gasteiger partial charge in [0.25, 0.3) is 0 Å². The molecule has 1 saturated carbocycles. The molecule has 1 heterocycles. The lowest BCUT2D eigenvalue weighted by molar-refractivity contribution is 0.468. The average molecular weight is 277 g/mol. The fourth-order valence-corrected chi connectivity index (χ4v) is 3.32. The first-order valence-corrected chi connectivity index (χ1v) is 7.65. The second-order valence-electron chi connectivity index (χ2n) is 5.91. The molecule has 0 amide bonds. The van der Waals surface area contributed by atoms with Gasteiger partial charge in [-0.05, 0) is 29.7 Å². The first kappa shape index (κ1) is 12.5. The summed E-state index contributed by atoms with van der Waals surface area (Å²) in [5.41, 5.74) is 8.99. The third-order valence-corrected chi connectivity index (χ3v) is 4.48. The molecule has 1 aromatic heterocycles. The van der Waals surface area contributed by atoms with Gasteiger partial charge < -0.3 is 5.73 Å². The van der Waals surface area contributed by atoms with Crippen LogP contribution in [0.5, 0.6) is 0 Å². The van der Waals surface area contributed by atoms with Gasteiger partial charge in [-0.15, -0.1) is 0 Å². The van der Waals surface area contributed by atoms with E-state index in [1.165, 1.54) is 36.5 Å². The number of hydrogen-bond acceptors (Lipinski definition) is 2. The zero-order chi connectivity index (χ0) is 14.2. The Morgan fingerprint density at radius 3 is 2.57 bits per heavy atom. The number of nitrogens with zero attached hydrogens (tertiary/aromatic N) is 2. The largest absolute Gasteiger partial charge is 0.396 e. The van der Waals surface area contributed by atoms with E-state index in [1.807, 2.05) is 6.20 Å². The van der Waals surface area contributed by atoms with Crippen LogP contribution >= 0.6 is 0 Å². The van der Waals surface area contributed by atoms with Crippen LogP contribution in [0.25, 0.3) is 22.0 Å². The van der Waals surface area contributed by atoms with Gasteiger partial charge >= 0.3 is 0 Å². The molecule has 0 radical (unpaired) electrons. The van der Waals surface area contributed by atoms with Crippen molar-refractivity contribution in [3.8, 4) is 11.3 Å². The minimum absolute atomic E-state index is 0.529. The molecular weight excluding hydrogens is 258 g/mol. The highest BCUT2D eigenvalue weighted by atomic mass is 15.3. The van der Waals surface area contributed by atoms with Gasteiger partial charge in [0.2, 0.25) is 0 Å². The van der Waals surface area contributed by atoms with Gasteiger partial charge in [0.1, 0.15) is 5.69 Å². The molecule has 3 nitrogen and oxygen atoms in total. The van der Waals surface area contributed by atoms with E-state index in [0.717, 1.165) is 16.9 Å². The van der Waals surface area contributed by atoms with Crippen LogP contribution < -0.4 is 5.73 Å². The molecule has 1 aliphatic carbocycles. The van der Waals surface area contributed by atoms with E-state index >= 15 is 0 Å². The van der Waals surface area contributed by atoms with Crippen molar-refractivity contribution in [2.24, 2.45) is 0 Å². The summed E-state index contributed by atoms with van der Waals surface area (Å²) in [5, 5.41) is 7.23. The molecule has 4 rings (SSSR count). The minimum Gasteiger partial charge on any atom is -0.396 e. The molecule has 0 bridgehead atoms. The number of anilines is 1. The molecule has 21 heavy (non-hydrogen) atoms. The van der Waals surface area contributed by atoms with Crippen molar-refractivity contribution < 1.29 is 0 Å². The molecule has 0 aliphatic heterocycles. The Bertz CT molecular complexity index is 782. The Balaban J connectivity index is 1.77. The molecule has 2 N–H and O–H groups in total.